The molecule has 1 amide bonds. The lowest BCUT2D eigenvalue weighted by Crippen LogP contribution is -2.32. The number of carbonyl (C=O) groups is 1. The van der Waals surface area contributed by atoms with Gasteiger partial charge in [-0.15, -0.1) is 0 Å². The summed E-state index contributed by atoms with van der Waals surface area (Å²) in [7, 11) is 5.17. The van der Waals surface area contributed by atoms with Crippen LogP contribution in [0, 0.1) is 6.92 Å². The highest BCUT2D eigenvalue weighted by molar-refractivity contribution is 5.50. The highest BCUT2D eigenvalue weighted by Gasteiger charge is 2.21. The Hall–Kier alpha value is -4.00. The fourth-order valence-electron chi connectivity index (χ4n) is 5.14. The molecule has 5 rings (SSSR count). The van der Waals surface area contributed by atoms with Gasteiger partial charge in [-0.25, -0.2) is 4.98 Å². The van der Waals surface area contributed by atoms with Crippen molar-refractivity contribution in [2.24, 2.45) is 0 Å². The number of amides is 1. The molecule has 3 heterocycles. The molecule has 7 nitrogen and oxygen atoms in total. The third-order valence-corrected chi connectivity index (χ3v) is 7.50. The smallest absolute Gasteiger partial charge is 0.209 e. The zero-order valence-electron chi connectivity index (χ0n) is 23.8. The van der Waals surface area contributed by atoms with Gasteiger partial charge in [0.2, 0.25) is 6.41 Å². The predicted molar refractivity (Wildman–Crippen MR) is 157 cm³/mol. The number of piperidine rings is 1. The number of nitrogens with zero attached hydrogens (tertiary/aromatic N) is 4. The van der Waals surface area contributed by atoms with E-state index in [0.717, 1.165) is 54.3 Å². The molecular weight excluding hydrogens is 488 g/mol. The van der Waals surface area contributed by atoms with Gasteiger partial charge in [0.25, 0.3) is 0 Å². The van der Waals surface area contributed by atoms with Crippen molar-refractivity contribution in [3.63, 3.8) is 0 Å². The molecule has 2 aromatic carbocycles. The second-order valence-corrected chi connectivity index (χ2v) is 10.0. The summed E-state index contributed by atoms with van der Waals surface area (Å²) in [6, 6.07) is 21.0. The molecule has 2 aromatic heterocycles. The average molecular weight is 529 g/mol. The largest absolute Gasteiger partial charge is 0.497 e. The van der Waals surface area contributed by atoms with Crippen molar-refractivity contribution in [2.45, 2.75) is 45.6 Å². The van der Waals surface area contributed by atoms with E-state index in [0.29, 0.717) is 12.5 Å². The molecule has 0 N–H and O–H groups in total. The van der Waals surface area contributed by atoms with Crippen LogP contribution in [0.3, 0.4) is 0 Å². The number of hydrogen-bond acceptors (Lipinski definition) is 5. The molecule has 0 spiro atoms. The minimum Gasteiger partial charge on any atom is -0.497 e. The maximum absolute atomic E-state index is 10.7. The predicted octanol–water partition coefficient (Wildman–Crippen LogP) is 5.88. The van der Waals surface area contributed by atoms with Crippen LogP contribution in [0.25, 0.3) is 5.65 Å². The van der Waals surface area contributed by atoms with E-state index in [1.165, 1.54) is 29.8 Å². The summed E-state index contributed by atoms with van der Waals surface area (Å²) in [5.41, 5.74) is 7.16. The zero-order chi connectivity index (χ0) is 27.8. The molecule has 1 fully saturated rings. The first-order valence-corrected chi connectivity index (χ1v) is 13.6. The lowest BCUT2D eigenvalue weighted by molar-refractivity contribution is -0.117. The van der Waals surface area contributed by atoms with Crippen LogP contribution in [0.1, 0.15) is 48.2 Å². The highest BCUT2D eigenvalue weighted by atomic mass is 16.5. The first-order chi connectivity index (χ1) is 18.9. The van der Waals surface area contributed by atoms with Crippen molar-refractivity contribution in [1.29, 1.82) is 0 Å². The SMILES string of the molecule is CCc1nc2cc(OC)ccn2c1C.COc1ccc(C2CCN(c3ccc(CN(C)C=O)cc3)CC2)cc1. The molecule has 1 aliphatic heterocycles. The van der Waals surface area contributed by atoms with Crippen LogP contribution in [0.2, 0.25) is 0 Å². The Morgan fingerprint density at radius 2 is 1.64 bits per heavy atom. The van der Waals surface area contributed by atoms with Gasteiger partial charge in [-0.3, -0.25) is 4.79 Å². The third kappa shape index (κ3) is 6.91. The number of methoxy groups -OCH3 is 2. The first kappa shape index (κ1) is 28.0. The summed E-state index contributed by atoms with van der Waals surface area (Å²) in [6.07, 6.45) is 6.16. The van der Waals surface area contributed by atoms with E-state index in [1.807, 2.05) is 18.3 Å². The molecule has 206 valence electrons. The molecule has 39 heavy (non-hydrogen) atoms. The summed E-state index contributed by atoms with van der Waals surface area (Å²) < 4.78 is 12.5. The van der Waals surface area contributed by atoms with Crippen LogP contribution < -0.4 is 14.4 Å². The van der Waals surface area contributed by atoms with Gasteiger partial charge in [0.05, 0.1) is 19.9 Å². The number of carbonyl (C=O) groups excluding carboxylic acids is 1. The van der Waals surface area contributed by atoms with Gasteiger partial charge in [0, 0.05) is 50.3 Å². The quantitative estimate of drug-likeness (QED) is 0.267. The number of fused-ring (bicyclic) bond motifs is 1. The van der Waals surface area contributed by atoms with E-state index < -0.39 is 0 Å². The van der Waals surface area contributed by atoms with Crippen LogP contribution in [-0.2, 0) is 17.8 Å². The van der Waals surface area contributed by atoms with Crippen molar-refractivity contribution in [3.05, 3.63) is 89.4 Å². The summed E-state index contributed by atoms with van der Waals surface area (Å²) in [5, 5.41) is 0. The number of aromatic nitrogens is 2. The van der Waals surface area contributed by atoms with Crippen molar-refractivity contribution in [1.82, 2.24) is 14.3 Å². The second-order valence-electron chi connectivity index (χ2n) is 10.0. The van der Waals surface area contributed by atoms with Crippen molar-refractivity contribution >= 4 is 17.7 Å². The number of aryl methyl sites for hydroxylation is 2. The minimum atomic E-state index is 0.627. The Balaban J connectivity index is 0.000000212. The number of rotatable bonds is 8. The number of ether oxygens (including phenoxy) is 2. The lowest BCUT2D eigenvalue weighted by atomic mass is 9.89. The maximum Gasteiger partial charge on any atom is 0.209 e. The highest BCUT2D eigenvalue weighted by Crippen LogP contribution is 2.31. The maximum atomic E-state index is 10.7. The Morgan fingerprint density at radius 1 is 0.974 bits per heavy atom. The lowest BCUT2D eigenvalue weighted by Gasteiger charge is -2.34. The molecule has 0 radical (unpaired) electrons. The fraction of sp³-hybridized carbons (Fsp3) is 0.375. The van der Waals surface area contributed by atoms with Gasteiger partial charge < -0.3 is 23.7 Å². The van der Waals surface area contributed by atoms with Crippen molar-refractivity contribution < 1.29 is 14.3 Å². The van der Waals surface area contributed by atoms with Gasteiger partial charge in [-0.05, 0) is 73.6 Å². The molecule has 0 bridgehead atoms. The monoisotopic (exact) mass is 528 g/mol. The summed E-state index contributed by atoms with van der Waals surface area (Å²) >= 11 is 0. The van der Waals surface area contributed by atoms with Gasteiger partial charge >= 0.3 is 0 Å². The topological polar surface area (TPSA) is 59.3 Å². The number of benzene rings is 2. The Morgan fingerprint density at radius 3 is 2.23 bits per heavy atom. The Bertz CT molecular complexity index is 1340. The second kappa shape index (κ2) is 13.2. The first-order valence-electron chi connectivity index (χ1n) is 13.6. The van der Waals surface area contributed by atoms with Gasteiger partial charge in [0.1, 0.15) is 17.1 Å². The molecule has 0 atom stereocenters. The summed E-state index contributed by atoms with van der Waals surface area (Å²) in [4.78, 5) is 19.3. The van der Waals surface area contributed by atoms with E-state index in [4.69, 9.17) is 9.47 Å². The van der Waals surface area contributed by atoms with Gasteiger partial charge in [-0.1, -0.05) is 31.2 Å². The third-order valence-electron chi connectivity index (χ3n) is 7.50. The van der Waals surface area contributed by atoms with Crippen LogP contribution in [0.15, 0.2) is 66.9 Å². The molecule has 4 aromatic rings. The standard InChI is InChI=1S/C21H26N2O2.C11H14N2O/c1-22(16-24)15-17-3-7-20(8-4-17)23-13-11-19(12-14-23)18-5-9-21(25-2)10-6-18;1-4-10-8(2)13-6-5-9(14-3)7-11(13)12-10/h3-10,16,19H,11-15H2,1-2H3;5-7H,4H2,1-3H3. The number of hydrogen-bond donors (Lipinski definition) is 0. The van der Waals surface area contributed by atoms with E-state index in [1.54, 1.807) is 26.2 Å². The van der Waals surface area contributed by atoms with Crippen LogP contribution >= 0.6 is 0 Å². The van der Waals surface area contributed by atoms with E-state index in [-0.39, 0.29) is 0 Å². The van der Waals surface area contributed by atoms with Crippen molar-refractivity contribution in [2.75, 3.05) is 39.3 Å². The fourth-order valence-corrected chi connectivity index (χ4v) is 5.14. The Labute approximate surface area is 232 Å². The van der Waals surface area contributed by atoms with Gasteiger partial charge in [0.15, 0.2) is 0 Å². The minimum absolute atomic E-state index is 0.627. The molecule has 1 aliphatic rings. The Kier molecular flexibility index (Phi) is 9.47. The van der Waals surface area contributed by atoms with E-state index >= 15 is 0 Å². The number of pyridine rings is 1. The van der Waals surface area contributed by atoms with Crippen LogP contribution in [0.5, 0.6) is 11.5 Å². The summed E-state index contributed by atoms with van der Waals surface area (Å²) in [5.74, 6) is 2.40. The van der Waals surface area contributed by atoms with Gasteiger partial charge in [-0.2, -0.15) is 0 Å². The molecule has 1 saturated heterocycles. The number of imidazole rings is 1. The van der Waals surface area contributed by atoms with E-state index in [9.17, 15) is 4.79 Å². The average Bonchev–Trinajstić information content (AvgIpc) is 3.32. The van der Waals surface area contributed by atoms with Crippen molar-refractivity contribution in [3.8, 4) is 11.5 Å². The van der Waals surface area contributed by atoms with E-state index in [2.05, 4.69) is 76.7 Å². The number of anilines is 1. The van der Waals surface area contributed by atoms with Crippen LogP contribution in [0.4, 0.5) is 5.69 Å². The molecule has 0 unspecified atom stereocenters. The zero-order valence-corrected chi connectivity index (χ0v) is 23.8. The molecule has 7 heteroatoms. The summed E-state index contributed by atoms with van der Waals surface area (Å²) in [6.45, 7) is 7.01. The molecule has 0 aliphatic carbocycles. The normalized spacial score (nSPS) is 13.5. The molecular formula is C32H40N4O3. The molecule has 0 saturated carbocycles. The van der Waals surface area contributed by atoms with Crippen LogP contribution in [-0.4, -0.2) is 55.1 Å².